The highest BCUT2D eigenvalue weighted by atomic mass is 35.5. The van der Waals surface area contributed by atoms with Gasteiger partial charge in [0, 0.05) is 15.6 Å². The van der Waals surface area contributed by atoms with E-state index in [1.807, 2.05) is 60.7 Å². The number of halogens is 2. The van der Waals surface area contributed by atoms with E-state index in [0.29, 0.717) is 38.8 Å². The number of carbonyl (C=O) groups excluding carboxylic acids is 1. The Bertz CT molecular complexity index is 1210. The highest BCUT2D eigenvalue weighted by molar-refractivity contribution is 7.80. The van der Waals surface area contributed by atoms with Gasteiger partial charge in [0.15, 0.2) is 5.11 Å². The molecule has 1 heterocycles. The zero-order valence-electron chi connectivity index (χ0n) is 17.6. The van der Waals surface area contributed by atoms with Crippen LogP contribution in [0.2, 0.25) is 10.0 Å². The second-order valence-corrected chi connectivity index (χ2v) is 8.52. The minimum Gasteiger partial charge on any atom is -0.489 e. The Morgan fingerprint density at radius 1 is 1.00 bits per heavy atom. The molecule has 0 aromatic heterocycles. The Balaban J connectivity index is 1.63. The van der Waals surface area contributed by atoms with Crippen molar-refractivity contribution < 1.29 is 14.3 Å². The molecule has 3 aromatic carbocycles. The molecule has 2 N–H and O–H groups in total. The van der Waals surface area contributed by atoms with Crippen molar-refractivity contribution in [2.24, 2.45) is 0 Å². The third-order valence-electron chi connectivity index (χ3n) is 5.18. The summed E-state index contributed by atoms with van der Waals surface area (Å²) in [6, 6.07) is 21.6. The molecule has 0 fully saturated rings. The second-order valence-electron chi connectivity index (χ2n) is 7.27. The molecular weight excluding hydrogens is 479 g/mol. The van der Waals surface area contributed by atoms with Crippen molar-refractivity contribution in [3.63, 3.8) is 0 Å². The summed E-state index contributed by atoms with van der Waals surface area (Å²) in [6.45, 7) is 0.350. The van der Waals surface area contributed by atoms with E-state index in [1.165, 1.54) is 7.11 Å². The molecule has 5 nitrogen and oxygen atoms in total. The molecule has 0 aliphatic carbocycles. The van der Waals surface area contributed by atoms with Gasteiger partial charge >= 0.3 is 5.97 Å². The lowest BCUT2D eigenvalue weighted by Gasteiger charge is -2.31. The Hall–Kier alpha value is -3.06. The van der Waals surface area contributed by atoms with E-state index in [1.54, 1.807) is 12.1 Å². The average molecular weight is 499 g/mol. The number of benzene rings is 3. The van der Waals surface area contributed by atoms with Crippen molar-refractivity contribution >= 4 is 52.2 Å². The molecule has 0 saturated heterocycles. The van der Waals surface area contributed by atoms with Gasteiger partial charge in [0.25, 0.3) is 0 Å². The molecule has 33 heavy (non-hydrogen) atoms. The topological polar surface area (TPSA) is 59.6 Å². The summed E-state index contributed by atoms with van der Waals surface area (Å²) in [5.41, 5.74) is 3.49. The van der Waals surface area contributed by atoms with Crippen LogP contribution in [0.3, 0.4) is 0 Å². The van der Waals surface area contributed by atoms with Crippen LogP contribution in [-0.2, 0) is 16.1 Å². The van der Waals surface area contributed by atoms with Gasteiger partial charge < -0.3 is 20.1 Å². The van der Waals surface area contributed by atoms with E-state index in [4.69, 9.17) is 44.9 Å². The summed E-state index contributed by atoms with van der Waals surface area (Å²) in [6.07, 6.45) is 0. The third-order valence-corrected chi connectivity index (χ3v) is 6.02. The van der Waals surface area contributed by atoms with Gasteiger partial charge in [-0.15, -0.1) is 0 Å². The fourth-order valence-corrected chi connectivity index (χ4v) is 4.06. The summed E-state index contributed by atoms with van der Waals surface area (Å²) < 4.78 is 11.0. The van der Waals surface area contributed by atoms with Gasteiger partial charge in [-0.3, -0.25) is 0 Å². The van der Waals surface area contributed by atoms with Gasteiger partial charge in [0.1, 0.15) is 12.4 Å². The number of thiocarbonyl (C=S) groups is 1. The molecular formula is C25H20Cl2N2O3S. The minimum absolute atomic E-state index is 0.350. The average Bonchev–Trinajstić information content (AvgIpc) is 2.83. The molecule has 168 valence electrons. The minimum atomic E-state index is -0.505. The number of ether oxygens (including phenoxy) is 2. The molecule has 0 radical (unpaired) electrons. The van der Waals surface area contributed by atoms with E-state index < -0.39 is 12.0 Å². The number of rotatable bonds is 6. The lowest BCUT2D eigenvalue weighted by Crippen LogP contribution is -2.45. The van der Waals surface area contributed by atoms with Gasteiger partial charge in [0.2, 0.25) is 0 Å². The molecule has 1 atom stereocenters. The maximum Gasteiger partial charge on any atom is 0.338 e. The fraction of sp³-hybridized carbons (Fsp3) is 0.120. The van der Waals surface area contributed by atoms with E-state index in [2.05, 4.69) is 10.6 Å². The molecule has 1 aliphatic rings. The summed E-state index contributed by atoms with van der Waals surface area (Å²) in [4.78, 5) is 12.8. The largest absolute Gasteiger partial charge is 0.489 e. The quantitative estimate of drug-likeness (QED) is 0.337. The highest BCUT2D eigenvalue weighted by Crippen LogP contribution is 2.33. The normalized spacial score (nSPS) is 15.5. The first-order chi connectivity index (χ1) is 16.0. The molecule has 0 amide bonds. The van der Waals surface area contributed by atoms with E-state index in [-0.39, 0.29) is 0 Å². The summed E-state index contributed by atoms with van der Waals surface area (Å²) in [5.74, 6) is 0.211. The lowest BCUT2D eigenvalue weighted by molar-refractivity contribution is -0.136. The molecule has 8 heteroatoms. The molecule has 0 spiro atoms. The molecule has 0 bridgehead atoms. The van der Waals surface area contributed by atoms with Crippen molar-refractivity contribution in [2.75, 3.05) is 7.11 Å². The van der Waals surface area contributed by atoms with Crippen LogP contribution in [0.15, 0.2) is 78.4 Å². The SMILES string of the molecule is COC(=O)C1=C(c2ccc(Cl)cc2)NC(=S)N[C@@H]1c1ccc(OCc2ccccc2Cl)cc1. The first-order valence-corrected chi connectivity index (χ1v) is 11.2. The number of hydrogen-bond acceptors (Lipinski definition) is 4. The van der Waals surface area contributed by atoms with Crippen LogP contribution in [0, 0.1) is 0 Å². The maximum atomic E-state index is 12.8. The van der Waals surface area contributed by atoms with Gasteiger partial charge in [-0.05, 0) is 53.7 Å². The molecule has 0 unspecified atom stereocenters. The zero-order valence-corrected chi connectivity index (χ0v) is 19.9. The van der Waals surface area contributed by atoms with Crippen molar-refractivity contribution in [1.29, 1.82) is 0 Å². The molecule has 3 aromatic rings. The third kappa shape index (κ3) is 5.30. The van der Waals surface area contributed by atoms with Gasteiger partial charge in [-0.25, -0.2) is 4.79 Å². The number of hydrogen-bond donors (Lipinski definition) is 2. The zero-order chi connectivity index (χ0) is 23.4. The Labute approximate surface area is 207 Å². The number of esters is 1. The van der Waals surface area contributed by atoms with Crippen molar-refractivity contribution in [3.8, 4) is 5.75 Å². The molecule has 1 aliphatic heterocycles. The highest BCUT2D eigenvalue weighted by Gasteiger charge is 2.32. The van der Waals surface area contributed by atoms with E-state index in [0.717, 1.165) is 16.7 Å². The second kappa shape index (κ2) is 10.3. The Kier molecular flexibility index (Phi) is 7.18. The summed E-state index contributed by atoms with van der Waals surface area (Å²) in [5, 5.41) is 7.92. The van der Waals surface area contributed by atoms with Crippen LogP contribution in [0.4, 0.5) is 0 Å². The summed E-state index contributed by atoms with van der Waals surface area (Å²) >= 11 is 17.7. The van der Waals surface area contributed by atoms with E-state index >= 15 is 0 Å². The number of carbonyl (C=O) groups is 1. The van der Waals surface area contributed by atoms with Crippen LogP contribution in [0.1, 0.15) is 22.7 Å². The van der Waals surface area contributed by atoms with Crippen LogP contribution in [0.5, 0.6) is 5.75 Å². The Morgan fingerprint density at radius 3 is 2.36 bits per heavy atom. The van der Waals surface area contributed by atoms with Crippen molar-refractivity contribution in [2.45, 2.75) is 12.6 Å². The van der Waals surface area contributed by atoms with Crippen molar-refractivity contribution in [1.82, 2.24) is 10.6 Å². The standard InChI is InChI=1S/C25H20Cl2N2O3S/c1-31-24(30)21-22(15-6-10-18(26)11-7-15)28-25(33)29-23(21)16-8-12-19(13-9-16)32-14-17-4-2-3-5-20(17)27/h2-13,23H,14H2,1H3,(H2,28,29,33)/t23-/m1/s1. The predicted molar refractivity (Wildman–Crippen MR) is 134 cm³/mol. The summed E-state index contributed by atoms with van der Waals surface area (Å²) in [7, 11) is 1.35. The maximum absolute atomic E-state index is 12.8. The smallest absolute Gasteiger partial charge is 0.338 e. The first kappa shape index (κ1) is 23.1. The number of methoxy groups -OCH3 is 1. The van der Waals surface area contributed by atoms with Gasteiger partial charge in [-0.1, -0.05) is 65.7 Å². The van der Waals surface area contributed by atoms with Gasteiger partial charge in [-0.2, -0.15) is 0 Å². The van der Waals surface area contributed by atoms with Crippen LogP contribution in [0.25, 0.3) is 5.70 Å². The van der Waals surface area contributed by atoms with E-state index in [9.17, 15) is 4.79 Å². The van der Waals surface area contributed by atoms with Crippen molar-refractivity contribution in [3.05, 3.63) is 105 Å². The lowest BCUT2D eigenvalue weighted by atomic mass is 9.93. The van der Waals surface area contributed by atoms with Crippen LogP contribution < -0.4 is 15.4 Å². The number of nitrogens with one attached hydrogen (secondary N) is 2. The monoisotopic (exact) mass is 498 g/mol. The Morgan fingerprint density at radius 2 is 1.70 bits per heavy atom. The first-order valence-electron chi connectivity index (χ1n) is 10.1. The van der Waals surface area contributed by atoms with Gasteiger partial charge in [0.05, 0.1) is 24.4 Å². The predicted octanol–water partition coefficient (Wildman–Crippen LogP) is 5.68. The molecule has 0 saturated carbocycles. The fourth-order valence-electron chi connectivity index (χ4n) is 3.52. The van der Waals surface area contributed by atoms with Crippen LogP contribution in [-0.4, -0.2) is 18.2 Å². The van der Waals surface area contributed by atoms with Crippen LogP contribution >= 0.6 is 35.4 Å². The molecule has 4 rings (SSSR count).